The first-order valence-corrected chi connectivity index (χ1v) is 8.29. The number of carbonyl (C=O) groups is 1. The molecule has 122 valence electrons. The van der Waals surface area contributed by atoms with Crippen LogP contribution in [0.25, 0.3) is 0 Å². The van der Waals surface area contributed by atoms with Gasteiger partial charge >= 0.3 is 0 Å². The number of aromatic nitrogens is 2. The molecular formula is C17H19Cl2N3O. The van der Waals surface area contributed by atoms with Gasteiger partial charge in [-0.05, 0) is 49.4 Å². The van der Waals surface area contributed by atoms with Crippen LogP contribution in [0.5, 0.6) is 0 Å². The second kappa shape index (κ2) is 5.84. The molecule has 23 heavy (non-hydrogen) atoms. The predicted molar refractivity (Wildman–Crippen MR) is 91.7 cm³/mol. The number of benzene rings is 1. The average Bonchev–Trinajstić information content (AvgIpc) is 3.17. The number of hydrogen-bond acceptors (Lipinski definition) is 2. The Morgan fingerprint density at radius 1 is 1.35 bits per heavy atom. The van der Waals surface area contributed by atoms with Crippen LogP contribution < -0.4 is 5.32 Å². The zero-order chi connectivity index (χ0) is 16.8. The van der Waals surface area contributed by atoms with Gasteiger partial charge in [0.05, 0.1) is 21.8 Å². The van der Waals surface area contributed by atoms with E-state index in [4.69, 9.17) is 23.2 Å². The third-order valence-electron chi connectivity index (χ3n) is 4.36. The van der Waals surface area contributed by atoms with Gasteiger partial charge in [-0.15, -0.1) is 0 Å². The van der Waals surface area contributed by atoms with Crippen molar-refractivity contribution in [2.75, 3.05) is 0 Å². The lowest BCUT2D eigenvalue weighted by molar-refractivity contribution is -0.124. The standard InChI is InChI=1S/C17H19Cl2N3O/c1-17(2,11-4-5-14(18)15(19)6-11)21-16(23)13-7-12(13)10-8-20-22(3)9-10/h4-6,8-9,12-13H,7H2,1-3H3,(H,21,23)/t12-,13-/m0/s1. The Morgan fingerprint density at radius 2 is 2.09 bits per heavy atom. The Morgan fingerprint density at radius 3 is 2.70 bits per heavy atom. The summed E-state index contributed by atoms with van der Waals surface area (Å²) in [6.07, 6.45) is 4.68. The summed E-state index contributed by atoms with van der Waals surface area (Å²) in [7, 11) is 1.88. The number of nitrogens with one attached hydrogen (secondary N) is 1. The highest BCUT2D eigenvalue weighted by atomic mass is 35.5. The van der Waals surface area contributed by atoms with Crippen LogP contribution in [-0.4, -0.2) is 15.7 Å². The fourth-order valence-corrected chi connectivity index (χ4v) is 3.14. The molecular weight excluding hydrogens is 333 g/mol. The molecule has 1 fully saturated rings. The summed E-state index contributed by atoms with van der Waals surface area (Å²) in [5, 5.41) is 8.29. The molecule has 1 aromatic heterocycles. The van der Waals surface area contributed by atoms with Crippen LogP contribution in [0.4, 0.5) is 0 Å². The molecule has 2 atom stereocenters. The van der Waals surface area contributed by atoms with Crippen molar-refractivity contribution in [3.63, 3.8) is 0 Å². The van der Waals surface area contributed by atoms with Crippen molar-refractivity contribution >= 4 is 29.1 Å². The quantitative estimate of drug-likeness (QED) is 0.908. The molecule has 1 aliphatic rings. The van der Waals surface area contributed by atoms with Gasteiger partial charge in [0, 0.05) is 19.2 Å². The van der Waals surface area contributed by atoms with E-state index in [9.17, 15) is 4.79 Å². The predicted octanol–water partition coefficient (Wildman–Crippen LogP) is 3.88. The van der Waals surface area contributed by atoms with Crippen molar-refractivity contribution in [3.8, 4) is 0 Å². The number of nitrogens with zero attached hydrogens (tertiary/aromatic N) is 2. The van der Waals surface area contributed by atoms with E-state index in [1.807, 2.05) is 39.4 Å². The van der Waals surface area contributed by atoms with Crippen LogP contribution in [0.1, 0.15) is 37.3 Å². The molecule has 1 amide bonds. The van der Waals surface area contributed by atoms with Crippen molar-refractivity contribution in [1.29, 1.82) is 0 Å². The highest BCUT2D eigenvalue weighted by Gasteiger charge is 2.45. The summed E-state index contributed by atoms with van der Waals surface area (Å²) >= 11 is 12.0. The molecule has 0 aliphatic heterocycles. The minimum Gasteiger partial charge on any atom is -0.347 e. The summed E-state index contributed by atoms with van der Waals surface area (Å²) in [6.45, 7) is 3.93. The van der Waals surface area contributed by atoms with Gasteiger partial charge in [0.25, 0.3) is 0 Å². The van der Waals surface area contributed by atoms with Gasteiger partial charge in [-0.25, -0.2) is 0 Å². The van der Waals surface area contributed by atoms with Crippen LogP contribution in [0.3, 0.4) is 0 Å². The Hall–Kier alpha value is -1.52. The topological polar surface area (TPSA) is 46.9 Å². The highest BCUT2D eigenvalue weighted by Crippen LogP contribution is 2.47. The monoisotopic (exact) mass is 351 g/mol. The lowest BCUT2D eigenvalue weighted by Gasteiger charge is -2.27. The van der Waals surface area contributed by atoms with Crippen LogP contribution in [0.15, 0.2) is 30.6 Å². The molecule has 0 unspecified atom stereocenters. The lowest BCUT2D eigenvalue weighted by Crippen LogP contribution is -2.42. The third kappa shape index (κ3) is 3.38. The number of aryl methyl sites for hydroxylation is 1. The average molecular weight is 352 g/mol. The minimum atomic E-state index is -0.507. The molecule has 1 aromatic carbocycles. The maximum atomic E-state index is 12.5. The van der Waals surface area contributed by atoms with E-state index in [-0.39, 0.29) is 17.7 Å². The molecule has 1 N–H and O–H groups in total. The lowest BCUT2D eigenvalue weighted by atomic mass is 9.94. The molecule has 0 saturated heterocycles. The van der Waals surface area contributed by atoms with E-state index in [2.05, 4.69) is 10.4 Å². The Kier molecular flexibility index (Phi) is 4.15. The first-order valence-electron chi connectivity index (χ1n) is 7.54. The molecule has 4 nitrogen and oxygen atoms in total. The van der Waals surface area contributed by atoms with E-state index in [0.717, 1.165) is 17.5 Å². The summed E-state index contributed by atoms with van der Waals surface area (Å²) in [6, 6.07) is 5.44. The minimum absolute atomic E-state index is 0.0150. The second-order valence-corrected chi connectivity index (χ2v) is 7.45. The second-order valence-electron chi connectivity index (χ2n) is 6.64. The smallest absolute Gasteiger partial charge is 0.224 e. The van der Waals surface area contributed by atoms with E-state index in [1.54, 1.807) is 16.8 Å². The number of hydrogen-bond donors (Lipinski definition) is 1. The molecule has 1 saturated carbocycles. The largest absolute Gasteiger partial charge is 0.347 e. The Bertz CT molecular complexity index is 754. The molecule has 1 heterocycles. The number of amides is 1. The van der Waals surface area contributed by atoms with Crippen LogP contribution >= 0.6 is 23.2 Å². The summed E-state index contributed by atoms with van der Waals surface area (Å²) in [4.78, 5) is 12.5. The van der Waals surface area contributed by atoms with Gasteiger partial charge in [0.15, 0.2) is 0 Å². The van der Waals surface area contributed by atoms with Crippen molar-refractivity contribution in [3.05, 3.63) is 51.8 Å². The van der Waals surface area contributed by atoms with Crippen molar-refractivity contribution in [1.82, 2.24) is 15.1 Å². The fraction of sp³-hybridized carbons (Fsp3) is 0.412. The zero-order valence-corrected chi connectivity index (χ0v) is 14.8. The molecule has 0 radical (unpaired) electrons. The maximum absolute atomic E-state index is 12.5. The molecule has 2 aromatic rings. The van der Waals surface area contributed by atoms with E-state index < -0.39 is 5.54 Å². The van der Waals surface area contributed by atoms with E-state index >= 15 is 0 Å². The zero-order valence-electron chi connectivity index (χ0n) is 13.3. The van der Waals surface area contributed by atoms with Gasteiger partial charge < -0.3 is 5.32 Å². The van der Waals surface area contributed by atoms with Crippen molar-refractivity contribution in [2.24, 2.45) is 13.0 Å². The van der Waals surface area contributed by atoms with Gasteiger partial charge in [0.1, 0.15) is 0 Å². The molecule has 0 bridgehead atoms. The van der Waals surface area contributed by atoms with Gasteiger partial charge in [-0.1, -0.05) is 29.3 Å². The summed E-state index contributed by atoms with van der Waals surface area (Å²) in [5.41, 5.74) is 1.55. The SMILES string of the molecule is Cn1cc([C@@H]2C[C@@H]2C(=O)NC(C)(C)c2ccc(Cl)c(Cl)c2)cn1. The van der Waals surface area contributed by atoms with Gasteiger partial charge in [0.2, 0.25) is 5.91 Å². The molecule has 6 heteroatoms. The molecule has 0 spiro atoms. The Balaban J connectivity index is 1.68. The van der Waals surface area contributed by atoms with Crippen LogP contribution in [0, 0.1) is 5.92 Å². The first kappa shape index (κ1) is 16.3. The molecule has 3 rings (SSSR count). The van der Waals surface area contributed by atoms with Crippen LogP contribution in [0.2, 0.25) is 10.0 Å². The van der Waals surface area contributed by atoms with Crippen LogP contribution in [-0.2, 0) is 17.4 Å². The van der Waals surface area contributed by atoms with Crippen molar-refractivity contribution in [2.45, 2.75) is 31.7 Å². The van der Waals surface area contributed by atoms with Gasteiger partial charge in [-0.2, -0.15) is 5.10 Å². The van der Waals surface area contributed by atoms with Crippen molar-refractivity contribution < 1.29 is 4.79 Å². The summed E-state index contributed by atoms with van der Waals surface area (Å²) < 4.78 is 1.77. The molecule has 1 aliphatic carbocycles. The van der Waals surface area contributed by atoms with Gasteiger partial charge in [-0.3, -0.25) is 9.48 Å². The Labute approximate surface area is 145 Å². The first-order chi connectivity index (χ1) is 10.8. The third-order valence-corrected chi connectivity index (χ3v) is 5.10. The maximum Gasteiger partial charge on any atom is 0.224 e. The number of rotatable bonds is 4. The number of halogens is 2. The fourth-order valence-electron chi connectivity index (χ4n) is 2.84. The number of carbonyl (C=O) groups excluding carboxylic acids is 1. The highest BCUT2D eigenvalue weighted by molar-refractivity contribution is 6.42. The summed E-state index contributed by atoms with van der Waals surface area (Å²) in [5.74, 6) is 0.351. The van der Waals surface area contributed by atoms with E-state index in [0.29, 0.717) is 10.0 Å². The van der Waals surface area contributed by atoms with E-state index in [1.165, 1.54) is 0 Å². The normalized spacial score (nSPS) is 20.4.